The molecule has 0 unspecified atom stereocenters. The van der Waals surface area contributed by atoms with Crippen molar-refractivity contribution in [3.05, 3.63) is 23.8 Å². The predicted molar refractivity (Wildman–Crippen MR) is 50.7 cm³/mol. The minimum Gasteiger partial charge on any atom is -0.744 e. The van der Waals surface area contributed by atoms with Gasteiger partial charge in [0.15, 0.2) is 6.61 Å². The summed E-state index contributed by atoms with van der Waals surface area (Å²) in [5.74, 6) is -0.278. The predicted octanol–water partition coefficient (Wildman–Crippen LogP) is 1.84. The topological polar surface area (TPSA) is 66.4 Å². The quantitative estimate of drug-likeness (QED) is 0.785. The lowest BCUT2D eigenvalue weighted by atomic mass is 10.2. The van der Waals surface area contributed by atoms with Gasteiger partial charge < -0.3 is 9.29 Å². The molecular formula is C9H8F3O4S-. The second kappa shape index (κ2) is 4.53. The fourth-order valence-corrected chi connectivity index (χ4v) is 1.54. The van der Waals surface area contributed by atoms with E-state index in [0.717, 1.165) is 12.1 Å². The molecule has 0 heterocycles. The van der Waals surface area contributed by atoms with Crippen molar-refractivity contribution >= 4 is 10.1 Å². The molecule has 0 bridgehead atoms. The van der Waals surface area contributed by atoms with Gasteiger partial charge in [0, 0.05) is 0 Å². The minimum absolute atomic E-state index is 0.278. The molecule has 0 N–H and O–H groups in total. The zero-order valence-corrected chi connectivity index (χ0v) is 9.43. The van der Waals surface area contributed by atoms with Gasteiger partial charge in [-0.05, 0) is 24.6 Å². The molecule has 0 aliphatic heterocycles. The molecule has 4 nitrogen and oxygen atoms in total. The van der Waals surface area contributed by atoms with Crippen LogP contribution in [-0.2, 0) is 10.1 Å². The molecule has 0 aliphatic carbocycles. The average Bonchev–Trinajstić information content (AvgIpc) is 2.13. The van der Waals surface area contributed by atoms with E-state index in [1.807, 2.05) is 0 Å². The molecule has 0 atom stereocenters. The van der Waals surface area contributed by atoms with E-state index in [0.29, 0.717) is 5.56 Å². The van der Waals surface area contributed by atoms with Gasteiger partial charge in [0.05, 0.1) is 4.90 Å². The molecule has 0 aliphatic rings. The highest BCUT2D eigenvalue weighted by molar-refractivity contribution is 7.85. The van der Waals surface area contributed by atoms with Crippen LogP contribution in [0.1, 0.15) is 5.56 Å². The normalized spacial score (nSPS) is 12.5. The summed E-state index contributed by atoms with van der Waals surface area (Å²) in [5.41, 5.74) is 0.307. The molecule has 8 heteroatoms. The van der Waals surface area contributed by atoms with Crippen LogP contribution in [0, 0.1) is 6.92 Å². The second-order valence-corrected chi connectivity index (χ2v) is 4.66. The number of alkyl halides is 3. The van der Waals surface area contributed by atoms with Crippen LogP contribution in [-0.4, -0.2) is 25.8 Å². The lowest BCUT2D eigenvalue weighted by molar-refractivity contribution is -0.153. The first-order chi connectivity index (χ1) is 7.59. The van der Waals surface area contributed by atoms with Crippen LogP contribution in [0.3, 0.4) is 0 Å². The molecule has 1 rings (SSSR count). The Balaban J connectivity index is 3.00. The van der Waals surface area contributed by atoms with E-state index in [-0.39, 0.29) is 5.75 Å². The number of halogens is 3. The third kappa shape index (κ3) is 4.23. The highest BCUT2D eigenvalue weighted by atomic mass is 32.2. The summed E-state index contributed by atoms with van der Waals surface area (Å²) in [4.78, 5) is -0.625. The molecule has 0 spiro atoms. The van der Waals surface area contributed by atoms with E-state index in [1.165, 1.54) is 13.0 Å². The minimum atomic E-state index is -4.71. The van der Waals surface area contributed by atoms with Crippen molar-refractivity contribution < 1.29 is 30.9 Å². The molecule has 1 aromatic rings. The van der Waals surface area contributed by atoms with E-state index in [2.05, 4.69) is 4.74 Å². The summed E-state index contributed by atoms with van der Waals surface area (Å²) in [6, 6.07) is 3.00. The Morgan fingerprint density at radius 1 is 1.35 bits per heavy atom. The van der Waals surface area contributed by atoms with Gasteiger partial charge in [0.25, 0.3) is 0 Å². The van der Waals surface area contributed by atoms with Gasteiger partial charge in [0.2, 0.25) is 0 Å². The standard InChI is InChI=1S/C9H9F3O4S/c1-6-2-3-7(17(13,14)15)4-8(6)16-5-9(10,11)12/h2-4H,5H2,1H3,(H,13,14,15)/p-1. The first-order valence-electron chi connectivity index (χ1n) is 4.36. The van der Waals surface area contributed by atoms with Crippen molar-refractivity contribution in [2.45, 2.75) is 18.0 Å². The molecule has 96 valence electrons. The van der Waals surface area contributed by atoms with Crippen molar-refractivity contribution in [1.29, 1.82) is 0 Å². The maximum absolute atomic E-state index is 11.9. The first-order valence-corrected chi connectivity index (χ1v) is 5.76. The highest BCUT2D eigenvalue weighted by Crippen LogP contribution is 2.24. The van der Waals surface area contributed by atoms with Crippen LogP contribution < -0.4 is 4.74 Å². The molecule has 17 heavy (non-hydrogen) atoms. The van der Waals surface area contributed by atoms with Crippen molar-refractivity contribution in [2.24, 2.45) is 0 Å². The van der Waals surface area contributed by atoms with Crippen molar-refractivity contribution in [3.8, 4) is 5.75 Å². The van der Waals surface area contributed by atoms with Crippen LogP contribution in [0.15, 0.2) is 23.1 Å². The van der Waals surface area contributed by atoms with E-state index in [4.69, 9.17) is 0 Å². The van der Waals surface area contributed by atoms with E-state index in [1.54, 1.807) is 0 Å². The second-order valence-electron chi connectivity index (χ2n) is 3.29. The van der Waals surface area contributed by atoms with Crippen molar-refractivity contribution in [1.82, 2.24) is 0 Å². The number of hydrogen-bond acceptors (Lipinski definition) is 4. The Kier molecular flexibility index (Phi) is 3.68. The monoisotopic (exact) mass is 269 g/mol. The summed E-state index contributed by atoms with van der Waals surface area (Å²) in [6.45, 7) is -0.108. The molecule has 0 saturated heterocycles. The molecule has 0 saturated carbocycles. The van der Waals surface area contributed by atoms with Crippen LogP contribution >= 0.6 is 0 Å². The third-order valence-corrected chi connectivity index (χ3v) is 2.67. The molecular weight excluding hydrogens is 261 g/mol. The number of hydrogen-bond donors (Lipinski definition) is 0. The van der Waals surface area contributed by atoms with E-state index in [9.17, 15) is 26.1 Å². The van der Waals surface area contributed by atoms with E-state index >= 15 is 0 Å². The van der Waals surface area contributed by atoms with Gasteiger partial charge in [-0.25, -0.2) is 8.42 Å². The Hall–Kier alpha value is -1.28. The lowest BCUT2D eigenvalue weighted by Gasteiger charge is -2.13. The molecule has 0 radical (unpaired) electrons. The Morgan fingerprint density at radius 3 is 2.41 bits per heavy atom. The van der Waals surface area contributed by atoms with Crippen LogP contribution in [0.5, 0.6) is 5.75 Å². The van der Waals surface area contributed by atoms with Gasteiger partial charge in [-0.3, -0.25) is 0 Å². The number of rotatable bonds is 3. The van der Waals surface area contributed by atoms with Crippen molar-refractivity contribution in [3.63, 3.8) is 0 Å². The van der Waals surface area contributed by atoms with Gasteiger partial charge in [0.1, 0.15) is 15.9 Å². The first kappa shape index (κ1) is 13.8. The Morgan fingerprint density at radius 2 is 1.94 bits per heavy atom. The van der Waals surface area contributed by atoms with Crippen molar-refractivity contribution in [2.75, 3.05) is 6.61 Å². The van der Waals surface area contributed by atoms with Gasteiger partial charge in [-0.2, -0.15) is 13.2 Å². The summed E-state index contributed by atoms with van der Waals surface area (Å²) in [6.07, 6.45) is -4.53. The average molecular weight is 269 g/mol. The van der Waals surface area contributed by atoms with Gasteiger partial charge in [-0.1, -0.05) is 6.07 Å². The maximum atomic E-state index is 11.9. The highest BCUT2D eigenvalue weighted by Gasteiger charge is 2.28. The molecule has 1 aromatic carbocycles. The van der Waals surface area contributed by atoms with Crippen LogP contribution in [0.25, 0.3) is 0 Å². The largest absolute Gasteiger partial charge is 0.744 e. The summed E-state index contributed by atoms with van der Waals surface area (Å²) in [5, 5.41) is 0. The third-order valence-electron chi connectivity index (χ3n) is 1.84. The molecule has 0 fully saturated rings. The molecule has 0 aromatic heterocycles. The van der Waals surface area contributed by atoms with Crippen LogP contribution in [0.4, 0.5) is 13.2 Å². The fraction of sp³-hybridized carbons (Fsp3) is 0.333. The van der Waals surface area contributed by atoms with E-state index < -0.39 is 27.8 Å². The van der Waals surface area contributed by atoms with Gasteiger partial charge in [-0.15, -0.1) is 0 Å². The Bertz CT molecular complexity index is 507. The zero-order chi connectivity index (χ0) is 13.3. The maximum Gasteiger partial charge on any atom is 0.422 e. The SMILES string of the molecule is Cc1ccc(S(=O)(=O)[O-])cc1OCC(F)(F)F. The lowest BCUT2D eigenvalue weighted by Crippen LogP contribution is -2.19. The number of ether oxygens (including phenoxy) is 1. The van der Waals surface area contributed by atoms with Gasteiger partial charge >= 0.3 is 6.18 Å². The van der Waals surface area contributed by atoms with Crippen LogP contribution in [0.2, 0.25) is 0 Å². The Labute approximate surface area is 95.8 Å². The smallest absolute Gasteiger partial charge is 0.422 e. The number of benzene rings is 1. The summed E-state index contributed by atoms with van der Waals surface area (Å²) in [7, 11) is -4.71. The zero-order valence-electron chi connectivity index (χ0n) is 8.61. The summed E-state index contributed by atoms with van der Waals surface area (Å²) < 4.78 is 72.1. The summed E-state index contributed by atoms with van der Waals surface area (Å²) >= 11 is 0. The number of aryl methyl sites for hydroxylation is 1. The fourth-order valence-electron chi connectivity index (χ4n) is 1.05. The molecule has 0 amide bonds.